The van der Waals surface area contributed by atoms with Crippen molar-refractivity contribution in [1.82, 2.24) is 0 Å². The second-order valence-corrected chi connectivity index (χ2v) is 5.30. The first-order valence-corrected chi connectivity index (χ1v) is 7.45. The van der Waals surface area contributed by atoms with Crippen LogP contribution >= 0.6 is 0 Å². The summed E-state index contributed by atoms with van der Waals surface area (Å²) in [6, 6.07) is 7.79. The fourth-order valence-electron chi connectivity index (χ4n) is 2.81. The van der Waals surface area contributed by atoms with E-state index in [4.69, 9.17) is 10.5 Å². The van der Waals surface area contributed by atoms with Gasteiger partial charge in [0.1, 0.15) is 5.75 Å². The highest BCUT2D eigenvalue weighted by atomic mass is 16.5. The molecule has 0 heterocycles. The number of nitrogens with two attached hydrogens (primary N) is 1. The van der Waals surface area contributed by atoms with Crippen molar-refractivity contribution in [3.8, 4) is 5.75 Å². The molecule has 0 saturated heterocycles. The second kappa shape index (κ2) is 7.13. The molecule has 1 saturated carbocycles. The summed E-state index contributed by atoms with van der Waals surface area (Å²) in [7, 11) is 0. The third kappa shape index (κ3) is 3.86. The zero-order valence-electron chi connectivity index (χ0n) is 12.1. The van der Waals surface area contributed by atoms with Gasteiger partial charge in [0.25, 0.3) is 0 Å². The van der Waals surface area contributed by atoms with E-state index in [1.54, 1.807) is 0 Å². The standard InChI is InChI=1S/C17H23NO2/c1-2-20-15-10-8-13(9-11-15)12-16(17(18)19)14-6-4-3-5-7-14/h8-12,14H,2-7H2,1H3,(H2,18,19)/b16-12-. The van der Waals surface area contributed by atoms with Crippen LogP contribution in [0.2, 0.25) is 0 Å². The highest BCUT2D eigenvalue weighted by Gasteiger charge is 2.21. The van der Waals surface area contributed by atoms with Gasteiger partial charge in [0.05, 0.1) is 6.61 Å². The Morgan fingerprint density at radius 3 is 2.45 bits per heavy atom. The van der Waals surface area contributed by atoms with Gasteiger partial charge in [-0.2, -0.15) is 0 Å². The molecule has 1 aromatic carbocycles. The number of primary amides is 1. The van der Waals surface area contributed by atoms with Crippen LogP contribution in [0.5, 0.6) is 5.75 Å². The lowest BCUT2D eigenvalue weighted by Gasteiger charge is -2.22. The zero-order chi connectivity index (χ0) is 14.4. The van der Waals surface area contributed by atoms with Crippen LogP contribution in [0, 0.1) is 5.92 Å². The molecule has 0 atom stereocenters. The van der Waals surface area contributed by atoms with Crippen molar-refractivity contribution in [2.45, 2.75) is 39.0 Å². The highest BCUT2D eigenvalue weighted by molar-refractivity contribution is 5.97. The predicted octanol–water partition coefficient (Wildman–Crippen LogP) is 3.53. The van der Waals surface area contributed by atoms with Crippen LogP contribution in [0.1, 0.15) is 44.6 Å². The van der Waals surface area contributed by atoms with Gasteiger partial charge in [0.15, 0.2) is 0 Å². The minimum absolute atomic E-state index is 0.286. The Labute approximate surface area is 120 Å². The van der Waals surface area contributed by atoms with Crippen molar-refractivity contribution in [2.75, 3.05) is 6.61 Å². The first-order valence-electron chi connectivity index (χ1n) is 7.45. The van der Waals surface area contributed by atoms with Crippen LogP contribution in [-0.4, -0.2) is 12.5 Å². The molecule has 0 spiro atoms. The van der Waals surface area contributed by atoms with E-state index in [0.717, 1.165) is 29.7 Å². The Bertz CT molecular complexity index is 470. The van der Waals surface area contributed by atoms with E-state index in [0.29, 0.717) is 12.5 Å². The van der Waals surface area contributed by atoms with Gasteiger partial charge in [-0.25, -0.2) is 0 Å². The van der Waals surface area contributed by atoms with Crippen molar-refractivity contribution in [2.24, 2.45) is 11.7 Å². The molecule has 0 aromatic heterocycles. The number of hydrogen-bond donors (Lipinski definition) is 1. The van der Waals surface area contributed by atoms with Crippen LogP contribution < -0.4 is 10.5 Å². The van der Waals surface area contributed by atoms with Gasteiger partial charge >= 0.3 is 0 Å². The molecule has 0 bridgehead atoms. The van der Waals surface area contributed by atoms with Crippen LogP contribution in [0.15, 0.2) is 29.8 Å². The number of carbonyl (C=O) groups excluding carboxylic acids is 1. The van der Waals surface area contributed by atoms with Crippen molar-refractivity contribution in [3.05, 3.63) is 35.4 Å². The maximum atomic E-state index is 11.7. The summed E-state index contributed by atoms with van der Waals surface area (Å²) >= 11 is 0. The Balaban J connectivity index is 2.17. The van der Waals surface area contributed by atoms with Crippen LogP contribution in [0.4, 0.5) is 0 Å². The molecule has 1 aliphatic carbocycles. The molecule has 1 amide bonds. The van der Waals surface area contributed by atoms with Gasteiger partial charge in [-0.1, -0.05) is 31.4 Å². The largest absolute Gasteiger partial charge is 0.494 e. The number of ether oxygens (including phenoxy) is 1. The van der Waals surface area contributed by atoms with Gasteiger partial charge in [0, 0.05) is 5.57 Å². The maximum Gasteiger partial charge on any atom is 0.244 e. The topological polar surface area (TPSA) is 52.3 Å². The van der Waals surface area contributed by atoms with Gasteiger partial charge in [-0.3, -0.25) is 4.79 Å². The van der Waals surface area contributed by atoms with E-state index in [1.165, 1.54) is 19.3 Å². The maximum absolute atomic E-state index is 11.7. The summed E-state index contributed by atoms with van der Waals surface area (Å²) in [6.07, 6.45) is 7.74. The molecular formula is C17H23NO2. The molecule has 1 fully saturated rings. The molecule has 2 rings (SSSR count). The molecule has 3 heteroatoms. The first kappa shape index (κ1) is 14.6. The smallest absolute Gasteiger partial charge is 0.244 e. The van der Waals surface area contributed by atoms with Crippen molar-refractivity contribution < 1.29 is 9.53 Å². The van der Waals surface area contributed by atoms with Crippen molar-refractivity contribution in [1.29, 1.82) is 0 Å². The normalized spacial score (nSPS) is 16.9. The molecule has 0 unspecified atom stereocenters. The van der Waals surface area contributed by atoms with Gasteiger partial charge < -0.3 is 10.5 Å². The van der Waals surface area contributed by atoms with Crippen LogP contribution in [0.3, 0.4) is 0 Å². The minimum atomic E-state index is -0.286. The lowest BCUT2D eigenvalue weighted by atomic mass is 9.82. The number of amides is 1. The lowest BCUT2D eigenvalue weighted by Crippen LogP contribution is -2.22. The fourth-order valence-corrected chi connectivity index (χ4v) is 2.81. The third-order valence-electron chi connectivity index (χ3n) is 3.84. The average Bonchev–Trinajstić information content (AvgIpc) is 2.47. The summed E-state index contributed by atoms with van der Waals surface area (Å²) in [6.45, 7) is 2.62. The van der Waals surface area contributed by atoms with E-state index in [-0.39, 0.29) is 5.91 Å². The lowest BCUT2D eigenvalue weighted by molar-refractivity contribution is -0.115. The molecule has 0 radical (unpaired) electrons. The van der Waals surface area contributed by atoms with E-state index in [2.05, 4.69) is 0 Å². The molecule has 108 valence electrons. The molecule has 0 aliphatic heterocycles. The summed E-state index contributed by atoms with van der Waals surface area (Å²) in [5.41, 5.74) is 7.34. The van der Waals surface area contributed by atoms with E-state index in [1.807, 2.05) is 37.3 Å². The monoisotopic (exact) mass is 273 g/mol. The summed E-state index contributed by atoms with van der Waals surface area (Å²) in [4.78, 5) is 11.7. The summed E-state index contributed by atoms with van der Waals surface area (Å²) in [5, 5.41) is 0. The van der Waals surface area contributed by atoms with E-state index < -0.39 is 0 Å². The molecular weight excluding hydrogens is 250 g/mol. The minimum Gasteiger partial charge on any atom is -0.494 e. The van der Waals surface area contributed by atoms with Crippen molar-refractivity contribution >= 4 is 12.0 Å². The Morgan fingerprint density at radius 2 is 1.90 bits per heavy atom. The molecule has 3 nitrogen and oxygen atoms in total. The fraction of sp³-hybridized carbons (Fsp3) is 0.471. The average molecular weight is 273 g/mol. The Morgan fingerprint density at radius 1 is 1.25 bits per heavy atom. The third-order valence-corrected chi connectivity index (χ3v) is 3.84. The number of rotatable bonds is 5. The van der Waals surface area contributed by atoms with Gasteiger partial charge in [-0.15, -0.1) is 0 Å². The van der Waals surface area contributed by atoms with Gasteiger partial charge in [-0.05, 0) is 49.5 Å². The number of benzene rings is 1. The van der Waals surface area contributed by atoms with Crippen LogP contribution in [0.25, 0.3) is 6.08 Å². The Kier molecular flexibility index (Phi) is 5.22. The predicted molar refractivity (Wildman–Crippen MR) is 81.4 cm³/mol. The first-order chi connectivity index (χ1) is 9.70. The summed E-state index contributed by atoms with van der Waals surface area (Å²) in [5.74, 6) is 0.890. The van der Waals surface area contributed by atoms with Gasteiger partial charge in [0.2, 0.25) is 5.91 Å². The van der Waals surface area contributed by atoms with E-state index in [9.17, 15) is 4.79 Å². The summed E-state index contributed by atoms with van der Waals surface area (Å²) < 4.78 is 5.42. The SMILES string of the molecule is CCOc1ccc(/C=C(\C(N)=O)C2CCCCC2)cc1. The molecule has 20 heavy (non-hydrogen) atoms. The highest BCUT2D eigenvalue weighted by Crippen LogP contribution is 2.30. The van der Waals surface area contributed by atoms with Crippen molar-refractivity contribution in [3.63, 3.8) is 0 Å². The molecule has 1 aliphatic rings. The molecule has 2 N–H and O–H groups in total. The quantitative estimate of drug-likeness (QED) is 0.834. The van der Waals surface area contributed by atoms with Crippen LogP contribution in [-0.2, 0) is 4.79 Å². The Hall–Kier alpha value is -1.77. The number of hydrogen-bond acceptors (Lipinski definition) is 2. The zero-order valence-corrected chi connectivity index (χ0v) is 12.1. The molecule has 1 aromatic rings. The van der Waals surface area contributed by atoms with E-state index >= 15 is 0 Å². The number of carbonyl (C=O) groups is 1. The second-order valence-electron chi connectivity index (χ2n) is 5.30.